The molecule has 0 radical (unpaired) electrons. The lowest BCUT2D eigenvalue weighted by molar-refractivity contribution is -0.667. The number of aromatic nitrogens is 1. The Balaban J connectivity index is 1.76. The van der Waals surface area contributed by atoms with Crippen LogP contribution in [0.4, 0.5) is 11.4 Å². The van der Waals surface area contributed by atoms with Crippen LogP contribution in [0, 0.1) is 0 Å². The summed E-state index contributed by atoms with van der Waals surface area (Å²) in [6.45, 7) is 0.427. The van der Waals surface area contributed by atoms with E-state index in [9.17, 15) is 13.0 Å². The molecular formula is C23H23N3O3S2. The van der Waals surface area contributed by atoms with Gasteiger partial charge in [0, 0.05) is 32.0 Å². The van der Waals surface area contributed by atoms with Gasteiger partial charge in [0.05, 0.1) is 21.2 Å². The Hall–Kier alpha value is -2.81. The van der Waals surface area contributed by atoms with E-state index in [2.05, 4.69) is 33.8 Å². The largest absolute Gasteiger partial charge is 0.748 e. The van der Waals surface area contributed by atoms with Crippen LogP contribution in [0.5, 0.6) is 0 Å². The van der Waals surface area contributed by atoms with Crippen molar-refractivity contribution in [1.82, 2.24) is 0 Å². The Morgan fingerprint density at radius 1 is 1.06 bits per heavy atom. The van der Waals surface area contributed by atoms with Crippen LogP contribution in [0.25, 0.3) is 21.0 Å². The van der Waals surface area contributed by atoms with Crippen LogP contribution >= 0.6 is 11.3 Å². The lowest BCUT2D eigenvalue weighted by atomic mass is 10.1. The first-order valence-electron chi connectivity index (χ1n) is 9.91. The van der Waals surface area contributed by atoms with Crippen LogP contribution in [0.3, 0.4) is 0 Å². The van der Waals surface area contributed by atoms with Gasteiger partial charge in [-0.25, -0.2) is 13.4 Å². The summed E-state index contributed by atoms with van der Waals surface area (Å²) in [4.78, 5) is 6.67. The van der Waals surface area contributed by atoms with Crippen LogP contribution in [-0.2, 0) is 16.7 Å². The van der Waals surface area contributed by atoms with Crippen molar-refractivity contribution in [2.45, 2.75) is 13.0 Å². The molecule has 0 fully saturated rings. The molecule has 1 aromatic heterocycles. The fourth-order valence-electron chi connectivity index (χ4n) is 3.56. The topological polar surface area (TPSA) is 76.7 Å². The van der Waals surface area contributed by atoms with Crippen molar-refractivity contribution in [2.24, 2.45) is 4.99 Å². The van der Waals surface area contributed by atoms with Gasteiger partial charge in [0.2, 0.25) is 5.52 Å². The second kappa shape index (κ2) is 8.74. The van der Waals surface area contributed by atoms with Gasteiger partial charge in [-0.1, -0.05) is 35.6 Å². The summed E-state index contributed by atoms with van der Waals surface area (Å²) < 4.78 is 36.5. The van der Waals surface area contributed by atoms with E-state index in [1.165, 1.54) is 0 Å². The molecule has 0 N–H and O–H groups in total. The number of hydrogen-bond donors (Lipinski definition) is 0. The first-order chi connectivity index (χ1) is 14.8. The van der Waals surface area contributed by atoms with E-state index in [4.69, 9.17) is 0 Å². The monoisotopic (exact) mass is 453 g/mol. The zero-order valence-electron chi connectivity index (χ0n) is 17.4. The average molecular weight is 454 g/mol. The van der Waals surface area contributed by atoms with Gasteiger partial charge in [-0.05, 0) is 41.8 Å². The third kappa shape index (κ3) is 4.92. The van der Waals surface area contributed by atoms with Crippen molar-refractivity contribution in [3.05, 3.63) is 65.7 Å². The van der Waals surface area contributed by atoms with E-state index in [0.29, 0.717) is 6.54 Å². The first kappa shape index (κ1) is 21.4. The summed E-state index contributed by atoms with van der Waals surface area (Å²) in [5.41, 5.74) is 2.97. The Morgan fingerprint density at radius 2 is 1.81 bits per heavy atom. The lowest BCUT2D eigenvalue weighted by Crippen LogP contribution is -2.37. The van der Waals surface area contributed by atoms with Crippen molar-refractivity contribution in [3.63, 3.8) is 0 Å². The summed E-state index contributed by atoms with van der Waals surface area (Å²) in [5.74, 6) is -0.384. The Morgan fingerprint density at radius 3 is 2.52 bits per heavy atom. The van der Waals surface area contributed by atoms with Crippen LogP contribution in [0.15, 0.2) is 65.7 Å². The van der Waals surface area contributed by atoms with Crippen LogP contribution in [0.1, 0.15) is 11.4 Å². The molecule has 1 heterocycles. The molecule has 0 aliphatic heterocycles. The first-order valence-corrected chi connectivity index (χ1v) is 12.3. The molecule has 0 aliphatic rings. The molecule has 0 atom stereocenters. The molecule has 0 aliphatic carbocycles. The molecule has 0 spiro atoms. The van der Waals surface area contributed by atoms with Gasteiger partial charge in [0.15, 0.2) is 6.54 Å². The Labute approximate surface area is 185 Å². The molecule has 4 rings (SSSR count). The molecule has 0 bridgehead atoms. The number of aryl methyl sites for hydroxylation is 1. The second-order valence-corrected chi connectivity index (χ2v) is 10.1. The minimum absolute atomic E-state index is 0.254. The highest BCUT2D eigenvalue weighted by atomic mass is 32.2. The number of thiazole rings is 1. The molecule has 6 nitrogen and oxygen atoms in total. The molecule has 0 unspecified atom stereocenters. The molecule has 31 heavy (non-hydrogen) atoms. The van der Waals surface area contributed by atoms with E-state index in [1.54, 1.807) is 11.3 Å². The SMILES string of the molecule is CN(C)c1ccc(N=Cc2sc3ccc4ccccc4c3[n+]2CCCS(=O)(=O)[O-])cc1. The fourth-order valence-corrected chi connectivity index (χ4v) is 5.12. The van der Waals surface area contributed by atoms with Crippen LogP contribution in [-0.4, -0.2) is 39.0 Å². The normalized spacial score (nSPS) is 12.2. The van der Waals surface area contributed by atoms with Gasteiger partial charge in [0.1, 0.15) is 10.9 Å². The van der Waals surface area contributed by atoms with Crippen molar-refractivity contribution >= 4 is 60.0 Å². The van der Waals surface area contributed by atoms with Gasteiger partial charge in [0.25, 0.3) is 5.01 Å². The van der Waals surface area contributed by atoms with E-state index >= 15 is 0 Å². The number of anilines is 1. The number of benzene rings is 3. The summed E-state index contributed by atoms with van der Waals surface area (Å²) in [6.07, 6.45) is 2.07. The smallest absolute Gasteiger partial charge is 0.281 e. The van der Waals surface area contributed by atoms with Crippen molar-refractivity contribution in [2.75, 3.05) is 24.7 Å². The zero-order valence-corrected chi connectivity index (χ0v) is 19.0. The van der Waals surface area contributed by atoms with Crippen molar-refractivity contribution < 1.29 is 17.5 Å². The molecule has 4 aromatic rings. The quantitative estimate of drug-likeness (QED) is 0.240. The molecule has 0 amide bonds. The third-order valence-corrected chi connectivity index (χ3v) is 6.95. The summed E-state index contributed by atoms with van der Waals surface area (Å²) in [5, 5.41) is 3.11. The minimum atomic E-state index is -4.25. The molecule has 8 heteroatoms. The van der Waals surface area contributed by atoms with Crippen LogP contribution in [0.2, 0.25) is 0 Å². The summed E-state index contributed by atoms with van der Waals surface area (Å²) in [6, 6.07) is 20.2. The van der Waals surface area contributed by atoms with Crippen LogP contribution < -0.4 is 9.47 Å². The van der Waals surface area contributed by atoms with E-state index in [1.807, 2.05) is 61.6 Å². The Kier molecular flexibility index (Phi) is 6.04. The van der Waals surface area contributed by atoms with E-state index < -0.39 is 10.1 Å². The van der Waals surface area contributed by atoms with Crippen molar-refractivity contribution in [3.8, 4) is 0 Å². The highest BCUT2D eigenvalue weighted by molar-refractivity contribution is 7.85. The molecule has 0 saturated heterocycles. The van der Waals surface area contributed by atoms with E-state index in [0.717, 1.165) is 37.4 Å². The molecule has 3 aromatic carbocycles. The van der Waals surface area contributed by atoms with Crippen molar-refractivity contribution in [1.29, 1.82) is 0 Å². The second-order valence-electron chi connectivity index (χ2n) is 7.51. The number of rotatable bonds is 7. The maximum absolute atomic E-state index is 11.1. The Bertz CT molecular complexity index is 1360. The predicted octanol–water partition coefficient (Wildman–Crippen LogP) is 4.09. The number of nitrogens with zero attached hydrogens (tertiary/aromatic N) is 3. The number of hydrogen-bond acceptors (Lipinski definition) is 6. The molecule has 0 saturated carbocycles. The highest BCUT2D eigenvalue weighted by Gasteiger charge is 2.21. The van der Waals surface area contributed by atoms with Gasteiger partial charge in [-0.3, -0.25) is 0 Å². The predicted molar refractivity (Wildman–Crippen MR) is 127 cm³/mol. The molecule has 160 valence electrons. The zero-order chi connectivity index (χ0) is 22.0. The maximum atomic E-state index is 11.1. The highest BCUT2D eigenvalue weighted by Crippen LogP contribution is 2.28. The van der Waals surface area contributed by atoms with E-state index in [-0.39, 0.29) is 12.2 Å². The standard InChI is InChI=1S/C23H23N3O3S2/c1-25(2)19-11-9-18(10-12-19)24-16-22-26(14-5-15-31(27,28)29)23-20-7-4-3-6-17(20)8-13-21(23)30-22/h3-4,6-13,16H,5,14-15H2,1-2H3. The minimum Gasteiger partial charge on any atom is -0.748 e. The average Bonchev–Trinajstić information content (AvgIpc) is 3.09. The summed E-state index contributed by atoms with van der Waals surface area (Å²) >= 11 is 1.60. The maximum Gasteiger partial charge on any atom is 0.281 e. The van der Waals surface area contributed by atoms with Gasteiger partial charge in [-0.15, -0.1) is 0 Å². The fraction of sp³-hybridized carbons (Fsp3) is 0.217. The van der Waals surface area contributed by atoms with Gasteiger partial charge >= 0.3 is 0 Å². The van der Waals surface area contributed by atoms with Gasteiger partial charge < -0.3 is 9.45 Å². The number of aliphatic imine (C=N–C) groups is 1. The lowest BCUT2D eigenvalue weighted by Gasteiger charge is -2.11. The summed E-state index contributed by atoms with van der Waals surface area (Å²) in [7, 11) is -0.268. The third-order valence-electron chi connectivity index (χ3n) is 5.08. The van der Waals surface area contributed by atoms with Gasteiger partial charge in [-0.2, -0.15) is 4.57 Å². The number of fused-ring (bicyclic) bond motifs is 3. The molecular weight excluding hydrogens is 430 g/mol.